The first kappa shape index (κ1) is 23.1. The second-order valence-corrected chi connectivity index (χ2v) is 7.55. The summed E-state index contributed by atoms with van der Waals surface area (Å²) in [6.45, 7) is 6.65. The smallest absolute Gasteiger partial charge is 0.326 e. The summed E-state index contributed by atoms with van der Waals surface area (Å²) < 4.78 is 40.6. The molecule has 9 heteroatoms. The number of hydrogen-bond donors (Lipinski definition) is 2. The highest BCUT2D eigenvalue weighted by Crippen LogP contribution is 2.31. The Morgan fingerprint density at radius 1 is 1.03 bits per heavy atom. The number of carbonyl (C=O) groups excluding carboxylic acids is 2. The number of nitrogens with zero attached hydrogens (tertiary/aromatic N) is 2. The number of aryl methyl sites for hydroxylation is 2. The molecule has 0 saturated carbocycles. The monoisotopic (exact) mass is 444 g/mol. The van der Waals surface area contributed by atoms with Crippen molar-refractivity contribution in [2.75, 3.05) is 10.6 Å². The summed E-state index contributed by atoms with van der Waals surface area (Å²) in [5.74, 6) is -0.526. The molecule has 3 aromatic rings. The van der Waals surface area contributed by atoms with Crippen molar-refractivity contribution in [2.45, 2.75) is 40.3 Å². The predicted molar refractivity (Wildman–Crippen MR) is 116 cm³/mol. The summed E-state index contributed by atoms with van der Waals surface area (Å²) in [7, 11) is 0. The molecule has 2 aromatic carbocycles. The number of halogens is 3. The highest BCUT2D eigenvalue weighted by molar-refractivity contribution is 5.95. The first-order valence-corrected chi connectivity index (χ1v) is 9.86. The minimum absolute atomic E-state index is 0.000429. The zero-order valence-electron chi connectivity index (χ0n) is 18.1. The van der Waals surface area contributed by atoms with Crippen LogP contribution in [0.1, 0.15) is 35.0 Å². The summed E-state index contributed by atoms with van der Waals surface area (Å²) in [6, 6.07) is 10.1. The van der Waals surface area contributed by atoms with E-state index >= 15 is 0 Å². The Labute approximate surface area is 183 Å². The summed E-state index contributed by atoms with van der Waals surface area (Å²) in [5.41, 5.74) is 3.21. The molecular weight excluding hydrogens is 421 g/mol. The lowest BCUT2D eigenvalue weighted by molar-refractivity contribution is -0.137. The van der Waals surface area contributed by atoms with E-state index in [0.29, 0.717) is 28.3 Å². The summed E-state index contributed by atoms with van der Waals surface area (Å²) in [6.07, 6.45) is -4.46. The van der Waals surface area contributed by atoms with Gasteiger partial charge in [-0.25, -0.2) is 4.68 Å². The van der Waals surface area contributed by atoms with E-state index < -0.39 is 11.7 Å². The highest BCUT2D eigenvalue weighted by atomic mass is 19.4. The van der Waals surface area contributed by atoms with Crippen LogP contribution in [0, 0.1) is 20.8 Å². The second-order valence-electron chi connectivity index (χ2n) is 7.55. The van der Waals surface area contributed by atoms with Crippen LogP contribution in [0.15, 0.2) is 42.5 Å². The fourth-order valence-electron chi connectivity index (χ4n) is 3.39. The van der Waals surface area contributed by atoms with Gasteiger partial charge in [-0.15, -0.1) is 0 Å². The molecule has 0 aliphatic heterocycles. The zero-order valence-corrected chi connectivity index (χ0v) is 18.1. The van der Waals surface area contributed by atoms with Crippen LogP contribution in [-0.4, -0.2) is 21.6 Å². The van der Waals surface area contributed by atoms with Crippen LogP contribution < -0.4 is 10.6 Å². The van der Waals surface area contributed by atoms with E-state index in [1.54, 1.807) is 32.0 Å². The van der Waals surface area contributed by atoms with Crippen LogP contribution in [0.4, 0.5) is 24.5 Å². The molecule has 0 aliphatic rings. The lowest BCUT2D eigenvalue weighted by Gasteiger charge is -2.12. The summed E-state index contributed by atoms with van der Waals surface area (Å²) in [4.78, 5) is 24.0. The predicted octanol–water partition coefficient (Wildman–Crippen LogP) is 4.96. The van der Waals surface area contributed by atoms with Crippen molar-refractivity contribution in [2.24, 2.45) is 0 Å². The van der Waals surface area contributed by atoms with Crippen LogP contribution in [-0.2, 0) is 22.2 Å². The fraction of sp³-hybridized carbons (Fsp3) is 0.261. The molecular formula is C23H23F3N4O2. The van der Waals surface area contributed by atoms with Crippen LogP contribution in [0.3, 0.4) is 0 Å². The normalized spacial score (nSPS) is 11.3. The minimum Gasteiger partial charge on any atom is -0.326 e. The van der Waals surface area contributed by atoms with E-state index in [1.165, 1.54) is 23.7 Å². The number of carbonyl (C=O) groups is 2. The van der Waals surface area contributed by atoms with Crippen LogP contribution in [0.5, 0.6) is 0 Å². The van der Waals surface area contributed by atoms with Gasteiger partial charge in [0.05, 0.1) is 23.4 Å². The van der Waals surface area contributed by atoms with Gasteiger partial charge in [0.15, 0.2) is 0 Å². The van der Waals surface area contributed by atoms with E-state index in [0.717, 1.165) is 17.7 Å². The van der Waals surface area contributed by atoms with Gasteiger partial charge in [0.25, 0.3) is 0 Å². The first-order chi connectivity index (χ1) is 15.0. The first-order valence-electron chi connectivity index (χ1n) is 9.86. The van der Waals surface area contributed by atoms with E-state index in [4.69, 9.17) is 0 Å². The Morgan fingerprint density at radius 3 is 2.41 bits per heavy atom. The van der Waals surface area contributed by atoms with E-state index in [1.807, 2.05) is 6.92 Å². The average molecular weight is 444 g/mol. The van der Waals surface area contributed by atoms with E-state index in [-0.39, 0.29) is 23.9 Å². The Hall–Kier alpha value is -3.62. The van der Waals surface area contributed by atoms with Crippen molar-refractivity contribution in [1.82, 2.24) is 9.78 Å². The maximum Gasteiger partial charge on any atom is 0.416 e. The number of alkyl halides is 3. The molecule has 0 fully saturated rings. The van der Waals surface area contributed by atoms with Gasteiger partial charge in [0.1, 0.15) is 0 Å². The Bertz CT molecular complexity index is 1180. The molecule has 1 aromatic heterocycles. The topological polar surface area (TPSA) is 76.0 Å². The number of hydrogen-bond acceptors (Lipinski definition) is 3. The standard InChI is InChI=1S/C23H23F3N4O2/c1-13-8-9-18(27-16(4)31)11-21(13)28-22(32)12-20-14(2)29-30(15(20)3)19-7-5-6-17(10-19)23(24,25)26/h5-11H,12H2,1-4H3,(H,27,31)(H,28,32). The van der Waals surface area contributed by atoms with Crippen molar-refractivity contribution in [3.8, 4) is 5.69 Å². The lowest BCUT2D eigenvalue weighted by Crippen LogP contribution is -2.16. The molecule has 2 amide bonds. The van der Waals surface area contributed by atoms with Crippen LogP contribution in [0.25, 0.3) is 5.69 Å². The minimum atomic E-state index is -4.46. The lowest BCUT2D eigenvalue weighted by atomic mass is 10.1. The number of rotatable bonds is 5. The number of aromatic nitrogens is 2. The van der Waals surface area contributed by atoms with Crippen molar-refractivity contribution >= 4 is 23.2 Å². The van der Waals surface area contributed by atoms with Crippen molar-refractivity contribution in [1.29, 1.82) is 0 Å². The van der Waals surface area contributed by atoms with Crippen LogP contribution in [0.2, 0.25) is 0 Å². The average Bonchev–Trinajstić information content (AvgIpc) is 2.98. The van der Waals surface area contributed by atoms with Gasteiger partial charge < -0.3 is 10.6 Å². The van der Waals surface area contributed by atoms with Gasteiger partial charge in [-0.05, 0) is 56.7 Å². The second kappa shape index (κ2) is 8.86. The van der Waals surface area contributed by atoms with Gasteiger partial charge in [-0.2, -0.15) is 18.3 Å². The van der Waals surface area contributed by atoms with Gasteiger partial charge in [0, 0.05) is 29.6 Å². The summed E-state index contributed by atoms with van der Waals surface area (Å²) in [5, 5.41) is 9.85. The molecule has 0 saturated heterocycles. The Morgan fingerprint density at radius 2 is 1.75 bits per heavy atom. The number of anilines is 2. The van der Waals surface area contributed by atoms with Crippen molar-refractivity contribution < 1.29 is 22.8 Å². The molecule has 0 atom stereocenters. The molecule has 168 valence electrons. The zero-order chi connectivity index (χ0) is 23.6. The third-order valence-electron chi connectivity index (χ3n) is 5.03. The maximum atomic E-state index is 13.1. The van der Waals surface area contributed by atoms with Gasteiger partial charge in [0.2, 0.25) is 11.8 Å². The third kappa shape index (κ3) is 5.16. The molecule has 0 aliphatic carbocycles. The van der Waals surface area contributed by atoms with Crippen LogP contribution >= 0.6 is 0 Å². The Balaban J connectivity index is 1.83. The van der Waals surface area contributed by atoms with Crippen molar-refractivity contribution in [3.63, 3.8) is 0 Å². The van der Waals surface area contributed by atoms with E-state index in [9.17, 15) is 22.8 Å². The molecule has 32 heavy (non-hydrogen) atoms. The maximum absolute atomic E-state index is 13.1. The molecule has 0 bridgehead atoms. The number of benzene rings is 2. The molecule has 0 unspecified atom stereocenters. The molecule has 2 N–H and O–H groups in total. The molecule has 6 nitrogen and oxygen atoms in total. The summed E-state index contributed by atoms with van der Waals surface area (Å²) >= 11 is 0. The molecule has 1 heterocycles. The largest absolute Gasteiger partial charge is 0.416 e. The number of amides is 2. The Kier molecular flexibility index (Phi) is 6.38. The van der Waals surface area contributed by atoms with E-state index in [2.05, 4.69) is 15.7 Å². The van der Waals surface area contributed by atoms with Gasteiger partial charge in [-0.3, -0.25) is 9.59 Å². The third-order valence-corrected chi connectivity index (χ3v) is 5.03. The molecule has 0 spiro atoms. The van der Waals surface area contributed by atoms with Gasteiger partial charge >= 0.3 is 6.18 Å². The highest BCUT2D eigenvalue weighted by Gasteiger charge is 2.30. The number of nitrogens with one attached hydrogen (secondary N) is 2. The SMILES string of the molecule is CC(=O)Nc1ccc(C)c(NC(=O)Cc2c(C)nn(-c3cccc(C(F)(F)F)c3)c2C)c1. The molecule has 0 radical (unpaired) electrons. The van der Waals surface area contributed by atoms with Crippen molar-refractivity contribution in [3.05, 3.63) is 70.5 Å². The molecule has 3 rings (SSSR count). The quantitative estimate of drug-likeness (QED) is 0.584. The fourth-order valence-corrected chi connectivity index (χ4v) is 3.39. The van der Waals surface area contributed by atoms with Gasteiger partial charge in [-0.1, -0.05) is 12.1 Å².